The van der Waals surface area contributed by atoms with E-state index in [2.05, 4.69) is 14.7 Å². The van der Waals surface area contributed by atoms with Crippen LogP contribution in [0.5, 0.6) is 0 Å². The van der Waals surface area contributed by atoms with E-state index in [-0.39, 0.29) is 5.97 Å². The maximum absolute atomic E-state index is 11.1. The Balaban J connectivity index is 3.04. The van der Waals surface area contributed by atoms with E-state index in [1.807, 2.05) is 12.1 Å². The fourth-order valence-electron chi connectivity index (χ4n) is 0.866. The van der Waals surface area contributed by atoms with Gasteiger partial charge < -0.3 is 0 Å². The van der Waals surface area contributed by atoms with Gasteiger partial charge in [0.15, 0.2) is 0 Å². The molecule has 1 aromatic heterocycles. The van der Waals surface area contributed by atoms with Gasteiger partial charge in [-0.1, -0.05) is 0 Å². The minimum atomic E-state index is -0.609. The Labute approximate surface area is 81.4 Å². The van der Waals surface area contributed by atoms with Gasteiger partial charge in [-0.15, -0.1) is 0 Å². The van der Waals surface area contributed by atoms with Crippen LogP contribution < -0.4 is 3.58 Å². The van der Waals surface area contributed by atoms with E-state index < -0.39 is 21.1 Å². The summed E-state index contributed by atoms with van der Waals surface area (Å²) in [4.78, 5) is 17.3. The fraction of sp³-hybridized carbons (Fsp3) is 0.250. The van der Waals surface area contributed by atoms with Crippen molar-refractivity contribution in [3.05, 3.63) is 24.0 Å². The summed E-state index contributed by atoms with van der Waals surface area (Å²) in [6.45, 7) is 0. The molecule has 3 nitrogen and oxygen atoms in total. The van der Waals surface area contributed by atoms with Crippen molar-refractivity contribution in [2.45, 2.75) is 4.94 Å². The first-order chi connectivity index (χ1) is 5.79. The Morgan fingerprint density at radius 1 is 1.67 bits per heavy atom. The van der Waals surface area contributed by atoms with Gasteiger partial charge in [-0.3, -0.25) is 0 Å². The van der Waals surface area contributed by atoms with E-state index in [9.17, 15) is 4.79 Å². The second-order valence-electron chi connectivity index (χ2n) is 2.14. The summed E-state index contributed by atoms with van der Waals surface area (Å²) in [7, 11) is 1.38. The van der Waals surface area contributed by atoms with Gasteiger partial charge in [-0.05, 0) is 0 Å². The summed E-state index contributed by atoms with van der Waals surface area (Å²) >= 11 is -0.609. The molecule has 0 spiro atoms. The van der Waals surface area contributed by atoms with Crippen molar-refractivity contribution in [2.24, 2.45) is 0 Å². The second kappa shape index (κ2) is 4.45. The average molecular weight is 270 g/mol. The van der Waals surface area contributed by atoms with Crippen molar-refractivity contribution in [3.63, 3.8) is 0 Å². The maximum atomic E-state index is 11.1. The zero-order valence-corrected chi connectivity index (χ0v) is 9.85. The van der Waals surface area contributed by atoms with Gasteiger partial charge in [-0.2, -0.15) is 0 Å². The van der Waals surface area contributed by atoms with Crippen LogP contribution >= 0.6 is 0 Å². The molecule has 0 unspecified atom stereocenters. The third-order valence-electron chi connectivity index (χ3n) is 1.46. The van der Waals surface area contributed by atoms with E-state index in [0.29, 0.717) is 5.69 Å². The number of nitrogens with zero attached hydrogens (tertiary/aromatic N) is 1. The summed E-state index contributed by atoms with van der Waals surface area (Å²) in [5.41, 5.74) is 0.495. The van der Waals surface area contributed by atoms with E-state index in [1.165, 1.54) is 7.11 Å². The summed E-state index contributed by atoms with van der Waals surface area (Å²) in [6, 6.07) is 3.80. The van der Waals surface area contributed by atoms with Crippen molar-refractivity contribution in [2.75, 3.05) is 7.11 Å². The van der Waals surface area contributed by atoms with Crippen LogP contribution in [0.25, 0.3) is 0 Å². The molecule has 4 heteroatoms. The molecule has 0 fully saturated rings. The molecule has 2 radical (unpaired) electrons. The third-order valence-corrected chi connectivity index (χ3v) is 4.14. The first-order valence-electron chi connectivity index (χ1n) is 3.50. The van der Waals surface area contributed by atoms with Crippen LogP contribution in [0.1, 0.15) is 10.5 Å². The first kappa shape index (κ1) is 9.51. The minimum absolute atomic E-state index is 0.326. The molecule has 0 saturated heterocycles. The number of hydrogen-bond acceptors (Lipinski definition) is 3. The van der Waals surface area contributed by atoms with Gasteiger partial charge in [0, 0.05) is 0 Å². The molecule has 12 heavy (non-hydrogen) atoms. The van der Waals surface area contributed by atoms with Crippen molar-refractivity contribution < 1.29 is 9.53 Å². The van der Waals surface area contributed by atoms with Crippen molar-refractivity contribution in [1.82, 2.24) is 4.98 Å². The van der Waals surface area contributed by atoms with Crippen molar-refractivity contribution >= 4 is 30.7 Å². The summed E-state index contributed by atoms with van der Waals surface area (Å²) in [6.07, 6.45) is 1.62. The van der Waals surface area contributed by atoms with Gasteiger partial charge in [-0.25, -0.2) is 0 Å². The summed E-state index contributed by atoms with van der Waals surface area (Å²) in [5, 5.41) is 0. The molecule has 0 amide bonds. The van der Waals surface area contributed by atoms with Gasteiger partial charge in [0.05, 0.1) is 0 Å². The monoisotopic (exact) mass is 271 g/mol. The number of carbonyl (C=O) groups is 1. The normalized spacial score (nSPS) is 9.50. The van der Waals surface area contributed by atoms with E-state index in [1.54, 1.807) is 6.20 Å². The molecule has 62 valence electrons. The second-order valence-corrected chi connectivity index (χ2v) is 5.11. The molecule has 0 aromatic carbocycles. The molecule has 0 aliphatic carbocycles. The Bertz CT molecular complexity index is 288. The molecule has 0 saturated carbocycles. The number of ether oxygens (including phenoxy) is 1. The van der Waals surface area contributed by atoms with E-state index in [4.69, 9.17) is 0 Å². The van der Waals surface area contributed by atoms with Crippen LogP contribution in [0.2, 0.25) is 4.94 Å². The standard InChI is InChI=1S/C7H6NO2.CH3.Sn/c1-10-7(9)6-4-2-3-5-8-6;;/h2-3,5H,1H3;1H3;. The number of aromatic nitrogens is 1. The topological polar surface area (TPSA) is 39.2 Å². The quantitative estimate of drug-likeness (QED) is 0.571. The van der Waals surface area contributed by atoms with Gasteiger partial charge in [0.25, 0.3) is 0 Å². The zero-order chi connectivity index (χ0) is 8.97. The Kier molecular flexibility index (Phi) is 3.52. The number of carbonyl (C=O) groups excluding carboxylic acids is 1. The number of pyridine rings is 1. The number of esters is 1. The van der Waals surface area contributed by atoms with Gasteiger partial charge in [0.2, 0.25) is 0 Å². The molecule has 0 bridgehead atoms. The molecular weight excluding hydrogens is 261 g/mol. The van der Waals surface area contributed by atoms with Crippen LogP contribution in [0.3, 0.4) is 0 Å². The van der Waals surface area contributed by atoms with E-state index in [0.717, 1.165) is 3.58 Å². The van der Waals surface area contributed by atoms with Crippen LogP contribution in [-0.2, 0) is 4.74 Å². The van der Waals surface area contributed by atoms with Crippen LogP contribution in [-0.4, -0.2) is 39.2 Å². The van der Waals surface area contributed by atoms with Crippen LogP contribution in [0.4, 0.5) is 0 Å². The predicted molar refractivity (Wildman–Crippen MR) is 46.8 cm³/mol. The SMILES string of the molecule is COC(=O)c1nccc[c]1[Sn][CH3]. The van der Waals surface area contributed by atoms with Crippen LogP contribution in [0.15, 0.2) is 18.3 Å². The average Bonchev–Trinajstić information content (AvgIpc) is 2.16. The Hall–Kier alpha value is -0.581. The Morgan fingerprint density at radius 3 is 3.00 bits per heavy atom. The van der Waals surface area contributed by atoms with Gasteiger partial charge >= 0.3 is 81.3 Å². The summed E-state index contributed by atoms with van der Waals surface area (Å²) in [5.74, 6) is -0.326. The number of rotatable bonds is 2. The molecule has 0 aliphatic heterocycles. The first-order valence-corrected chi connectivity index (χ1v) is 7.78. The molecule has 0 atom stereocenters. The molecule has 1 rings (SSSR count). The molecule has 0 N–H and O–H groups in total. The van der Waals surface area contributed by atoms with Crippen molar-refractivity contribution in [1.29, 1.82) is 0 Å². The molecule has 1 heterocycles. The third kappa shape index (κ3) is 1.97. The summed E-state index contributed by atoms with van der Waals surface area (Å²) < 4.78 is 5.70. The molecule has 1 aromatic rings. The number of hydrogen-bond donors (Lipinski definition) is 0. The van der Waals surface area contributed by atoms with Crippen molar-refractivity contribution in [3.8, 4) is 0 Å². The predicted octanol–water partition coefficient (Wildman–Crippen LogP) is 0.246. The molecule has 0 aliphatic rings. The fourth-order valence-corrected chi connectivity index (χ4v) is 2.77. The zero-order valence-electron chi connectivity index (χ0n) is 7.00. The van der Waals surface area contributed by atoms with Crippen LogP contribution in [0, 0.1) is 0 Å². The molecular formula is C8H9NO2Sn. The van der Waals surface area contributed by atoms with Gasteiger partial charge in [0.1, 0.15) is 0 Å². The van der Waals surface area contributed by atoms with E-state index >= 15 is 0 Å². The Morgan fingerprint density at radius 2 is 2.42 bits per heavy atom. The number of methoxy groups -OCH3 is 1.